The number of H-pyrrole nitrogens is 1. The molecule has 134 valence electrons. The van der Waals surface area contributed by atoms with Crippen LogP contribution in [0.3, 0.4) is 0 Å². The Balaban J connectivity index is 1.76. The van der Waals surface area contributed by atoms with Crippen LogP contribution in [-0.2, 0) is 9.59 Å². The van der Waals surface area contributed by atoms with Gasteiger partial charge in [0, 0.05) is 41.0 Å². The van der Waals surface area contributed by atoms with Crippen molar-refractivity contribution in [1.29, 1.82) is 0 Å². The summed E-state index contributed by atoms with van der Waals surface area (Å²) < 4.78 is 0. The predicted molar refractivity (Wildman–Crippen MR) is 102 cm³/mol. The lowest BCUT2D eigenvalue weighted by atomic mass is 9.87. The molecule has 7 heteroatoms. The van der Waals surface area contributed by atoms with E-state index in [1.807, 2.05) is 26.0 Å². The summed E-state index contributed by atoms with van der Waals surface area (Å²) in [6, 6.07) is 5.49. The number of carbonyl (C=O) groups excluding carboxylic acids is 2. The largest absolute Gasteiger partial charge is 0.352 e. The first-order valence-electron chi connectivity index (χ1n) is 8.41. The Morgan fingerprint density at radius 3 is 2.85 bits per heavy atom. The Hall–Kier alpha value is -2.60. The highest BCUT2D eigenvalue weighted by molar-refractivity contribution is 6.33. The van der Waals surface area contributed by atoms with Crippen LogP contribution in [0.25, 0.3) is 21.8 Å². The fourth-order valence-corrected chi connectivity index (χ4v) is 3.88. The number of rotatable bonds is 2. The minimum atomic E-state index is -0.538. The number of nitrogens with zero attached hydrogens (tertiary/aromatic N) is 2. The van der Waals surface area contributed by atoms with E-state index in [4.69, 9.17) is 11.6 Å². The second-order valence-electron chi connectivity index (χ2n) is 7.27. The summed E-state index contributed by atoms with van der Waals surface area (Å²) in [5, 5.41) is 5.41. The third kappa shape index (κ3) is 2.44. The van der Waals surface area contributed by atoms with Crippen molar-refractivity contribution in [2.24, 2.45) is 5.92 Å². The Bertz CT molecular complexity index is 1060. The number of anilines is 1. The number of amides is 2. The van der Waals surface area contributed by atoms with Crippen molar-refractivity contribution in [3.63, 3.8) is 0 Å². The van der Waals surface area contributed by atoms with Gasteiger partial charge < -0.3 is 15.2 Å². The Labute approximate surface area is 155 Å². The minimum Gasteiger partial charge on any atom is -0.352 e. The first kappa shape index (κ1) is 16.8. The zero-order chi connectivity index (χ0) is 18.6. The van der Waals surface area contributed by atoms with E-state index in [9.17, 15) is 9.59 Å². The van der Waals surface area contributed by atoms with Crippen LogP contribution < -0.4 is 5.32 Å². The average molecular weight is 371 g/mol. The summed E-state index contributed by atoms with van der Waals surface area (Å²) in [4.78, 5) is 34.0. The molecular formula is C19H19ClN4O2. The molecule has 0 aliphatic carbocycles. The first-order valence-corrected chi connectivity index (χ1v) is 8.79. The molecule has 0 radical (unpaired) electrons. The number of benzene rings is 1. The molecule has 6 nitrogen and oxygen atoms in total. The van der Waals surface area contributed by atoms with Gasteiger partial charge in [0.25, 0.3) is 0 Å². The van der Waals surface area contributed by atoms with Crippen LogP contribution in [0, 0.1) is 5.92 Å². The van der Waals surface area contributed by atoms with E-state index in [-0.39, 0.29) is 18.2 Å². The Kier molecular flexibility index (Phi) is 3.70. The summed E-state index contributed by atoms with van der Waals surface area (Å²) in [6.45, 7) is 3.81. The minimum absolute atomic E-state index is 0.0249. The zero-order valence-corrected chi connectivity index (χ0v) is 15.5. The van der Waals surface area contributed by atoms with Crippen molar-refractivity contribution in [2.75, 3.05) is 12.4 Å². The van der Waals surface area contributed by atoms with Crippen LogP contribution >= 0.6 is 11.6 Å². The number of aromatic nitrogens is 2. The van der Waals surface area contributed by atoms with E-state index in [0.717, 1.165) is 21.8 Å². The number of nitrogens with one attached hydrogen (secondary N) is 2. The second kappa shape index (κ2) is 5.71. The van der Waals surface area contributed by atoms with E-state index < -0.39 is 11.5 Å². The topological polar surface area (TPSA) is 78.1 Å². The molecule has 2 amide bonds. The van der Waals surface area contributed by atoms with Gasteiger partial charge in [-0.2, -0.15) is 0 Å². The molecule has 1 aliphatic rings. The van der Waals surface area contributed by atoms with Crippen molar-refractivity contribution in [2.45, 2.75) is 25.8 Å². The molecule has 1 atom stereocenters. The van der Waals surface area contributed by atoms with Crippen LogP contribution in [0.4, 0.5) is 5.69 Å². The lowest BCUT2D eigenvalue weighted by Crippen LogP contribution is -2.45. The third-order valence-electron chi connectivity index (χ3n) is 5.52. The van der Waals surface area contributed by atoms with Gasteiger partial charge in [0.05, 0.1) is 28.8 Å². The van der Waals surface area contributed by atoms with Crippen molar-refractivity contribution in [3.8, 4) is 0 Å². The highest BCUT2D eigenvalue weighted by Gasteiger charge is 2.47. The van der Waals surface area contributed by atoms with Gasteiger partial charge >= 0.3 is 0 Å². The molecule has 0 spiro atoms. The number of hydrogen-bond acceptors (Lipinski definition) is 3. The van der Waals surface area contributed by atoms with Gasteiger partial charge in [0.15, 0.2) is 0 Å². The quantitative estimate of drug-likeness (QED) is 0.723. The first-order chi connectivity index (χ1) is 12.3. The van der Waals surface area contributed by atoms with Crippen LogP contribution in [0.1, 0.15) is 20.3 Å². The number of pyridine rings is 1. The second-order valence-corrected chi connectivity index (χ2v) is 7.71. The van der Waals surface area contributed by atoms with Crippen molar-refractivity contribution in [3.05, 3.63) is 35.6 Å². The Morgan fingerprint density at radius 2 is 2.15 bits per heavy atom. The molecule has 4 rings (SSSR count). The van der Waals surface area contributed by atoms with E-state index in [0.29, 0.717) is 10.7 Å². The molecule has 3 heterocycles. The van der Waals surface area contributed by atoms with E-state index in [2.05, 4.69) is 15.3 Å². The van der Waals surface area contributed by atoms with Crippen LogP contribution in [0.5, 0.6) is 0 Å². The highest BCUT2D eigenvalue weighted by Crippen LogP contribution is 2.37. The van der Waals surface area contributed by atoms with Gasteiger partial charge in [-0.05, 0) is 32.0 Å². The molecule has 1 unspecified atom stereocenters. The maximum Gasteiger partial charge on any atom is 0.230 e. The van der Waals surface area contributed by atoms with E-state index in [1.165, 1.54) is 0 Å². The van der Waals surface area contributed by atoms with Gasteiger partial charge in [-0.1, -0.05) is 11.6 Å². The smallest absolute Gasteiger partial charge is 0.230 e. The van der Waals surface area contributed by atoms with Crippen molar-refractivity contribution in [1.82, 2.24) is 14.9 Å². The standard InChI is InChI=1S/C19H19ClN4O2/c1-19(2)13(8-16(25)24(19)3)18(26)23-14-7-10(20)6-12-11-4-5-21-9-15(11)22-17(12)14/h4-7,9,13,22H,8H2,1-3H3,(H,23,26). The zero-order valence-electron chi connectivity index (χ0n) is 14.8. The molecular weight excluding hydrogens is 352 g/mol. The van der Waals surface area contributed by atoms with E-state index >= 15 is 0 Å². The lowest BCUT2D eigenvalue weighted by molar-refractivity contribution is -0.128. The predicted octanol–water partition coefficient (Wildman–Crippen LogP) is 3.56. The van der Waals surface area contributed by atoms with Crippen LogP contribution in [-0.4, -0.2) is 39.3 Å². The summed E-state index contributed by atoms with van der Waals surface area (Å²) in [5.41, 5.74) is 1.73. The van der Waals surface area contributed by atoms with Crippen LogP contribution in [0.15, 0.2) is 30.6 Å². The normalized spacial score (nSPS) is 19.5. The van der Waals surface area contributed by atoms with Gasteiger partial charge in [0.1, 0.15) is 0 Å². The number of halogens is 1. The molecule has 0 saturated carbocycles. The monoisotopic (exact) mass is 370 g/mol. The summed E-state index contributed by atoms with van der Waals surface area (Å²) in [6.07, 6.45) is 3.66. The van der Waals surface area contributed by atoms with Crippen molar-refractivity contribution < 1.29 is 9.59 Å². The fraction of sp³-hybridized carbons (Fsp3) is 0.316. The molecule has 1 aliphatic heterocycles. The number of aromatic amines is 1. The highest BCUT2D eigenvalue weighted by atomic mass is 35.5. The fourth-order valence-electron chi connectivity index (χ4n) is 3.67. The number of fused-ring (bicyclic) bond motifs is 3. The number of hydrogen-bond donors (Lipinski definition) is 2. The van der Waals surface area contributed by atoms with Gasteiger partial charge in [-0.25, -0.2) is 0 Å². The number of likely N-dealkylation sites (tertiary alicyclic amines) is 1. The molecule has 3 aromatic rings. The maximum atomic E-state index is 12.9. The SMILES string of the molecule is CN1C(=O)CC(C(=O)Nc2cc(Cl)cc3c2[nH]c2cnccc23)C1(C)C. The molecule has 1 saturated heterocycles. The van der Waals surface area contributed by atoms with Gasteiger partial charge in [0.2, 0.25) is 11.8 Å². The molecule has 2 aromatic heterocycles. The summed E-state index contributed by atoms with van der Waals surface area (Å²) in [7, 11) is 1.73. The molecule has 1 aromatic carbocycles. The molecule has 0 bridgehead atoms. The Morgan fingerprint density at radius 1 is 1.38 bits per heavy atom. The maximum absolute atomic E-state index is 12.9. The summed E-state index contributed by atoms with van der Waals surface area (Å²) in [5.74, 6) is -0.642. The molecule has 1 fully saturated rings. The van der Waals surface area contributed by atoms with Gasteiger partial charge in [-0.15, -0.1) is 0 Å². The van der Waals surface area contributed by atoms with Gasteiger partial charge in [-0.3, -0.25) is 14.6 Å². The number of carbonyl (C=O) groups is 2. The average Bonchev–Trinajstić information content (AvgIpc) is 3.06. The third-order valence-corrected chi connectivity index (χ3v) is 5.74. The molecule has 2 N–H and O–H groups in total. The summed E-state index contributed by atoms with van der Waals surface area (Å²) >= 11 is 6.28. The molecule has 26 heavy (non-hydrogen) atoms. The lowest BCUT2D eigenvalue weighted by Gasteiger charge is -2.32. The van der Waals surface area contributed by atoms with E-state index in [1.54, 1.807) is 30.4 Å². The van der Waals surface area contributed by atoms with Crippen molar-refractivity contribution >= 4 is 50.9 Å². The van der Waals surface area contributed by atoms with Crippen LogP contribution in [0.2, 0.25) is 5.02 Å².